The number of thioether (sulfide) groups is 1. The molecule has 0 aromatic carbocycles. The molecule has 0 spiro atoms. The largest absolute Gasteiger partial charge is 0.466 e. The fourth-order valence-corrected chi connectivity index (χ4v) is 3.45. The van der Waals surface area contributed by atoms with Gasteiger partial charge < -0.3 is 10.1 Å². The highest BCUT2D eigenvalue weighted by atomic mass is 32.2. The van der Waals surface area contributed by atoms with Crippen molar-refractivity contribution in [2.75, 3.05) is 13.2 Å². The number of carbonyl (C=O) groups is 1. The minimum absolute atomic E-state index is 0.0310. The molecule has 1 aliphatic rings. The van der Waals surface area contributed by atoms with Gasteiger partial charge in [0.15, 0.2) is 0 Å². The molecule has 2 rings (SSSR count). The van der Waals surface area contributed by atoms with Crippen molar-refractivity contribution >= 4 is 17.7 Å². The van der Waals surface area contributed by atoms with Crippen LogP contribution in [0.15, 0.2) is 23.2 Å². The van der Waals surface area contributed by atoms with E-state index in [0.29, 0.717) is 11.9 Å². The number of nitrogens with one attached hydrogen (secondary N) is 1. The number of carbonyl (C=O) groups excluding carboxylic acids is 1. The van der Waals surface area contributed by atoms with Gasteiger partial charge in [0.05, 0.1) is 24.3 Å². The molecule has 2 heterocycles. The Morgan fingerprint density at radius 2 is 2.40 bits per heavy atom. The van der Waals surface area contributed by atoms with Crippen molar-refractivity contribution in [3.8, 4) is 0 Å². The van der Waals surface area contributed by atoms with Gasteiger partial charge in [0, 0.05) is 16.3 Å². The first-order valence-electron chi connectivity index (χ1n) is 7.15. The average molecular weight is 294 g/mol. The highest BCUT2D eigenvalue weighted by Gasteiger charge is 2.36. The van der Waals surface area contributed by atoms with Crippen molar-refractivity contribution < 1.29 is 9.53 Å². The van der Waals surface area contributed by atoms with Gasteiger partial charge in [-0.2, -0.15) is 0 Å². The first kappa shape index (κ1) is 15.3. The van der Waals surface area contributed by atoms with E-state index in [9.17, 15) is 4.79 Å². The zero-order chi connectivity index (χ0) is 14.5. The van der Waals surface area contributed by atoms with Crippen LogP contribution in [0.2, 0.25) is 0 Å². The number of hydrogen-bond donors (Lipinski definition) is 1. The summed E-state index contributed by atoms with van der Waals surface area (Å²) in [5, 5.41) is 3.89. The van der Waals surface area contributed by atoms with Gasteiger partial charge in [-0.3, -0.25) is 9.78 Å². The monoisotopic (exact) mass is 294 g/mol. The molecule has 0 radical (unpaired) electrons. The molecule has 1 aromatic rings. The number of pyridine rings is 1. The molecule has 2 atom stereocenters. The van der Waals surface area contributed by atoms with Gasteiger partial charge in [-0.25, -0.2) is 0 Å². The number of rotatable bonds is 5. The van der Waals surface area contributed by atoms with Gasteiger partial charge in [0.1, 0.15) is 0 Å². The molecule has 1 aromatic heterocycles. The van der Waals surface area contributed by atoms with Gasteiger partial charge in [-0.1, -0.05) is 13.8 Å². The highest BCUT2D eigenvalue weighted by molar-refractivity contribution is 8.00. The Balaban J connectivity index is 2.23. The molecule has 2 unspecified atom stereocenters. The summed E-state index contributed by atoms with van der Waals surface area (Å²) in [6.07, 6.45) is 2.60. The predicted octanol–water partition coefficient (Wildman–Crippen LogP) is 2.80. The van der Waals surface area contributed by atoms with E-state index in [4.69, 9.17) is 4.74 Å². The van der Waals surface area contributed by atoms with E-state index in [0.717, 1.165) is 23.6 Å². The molecule has 110 valence electrons. The van der Waals surface area contributed by atoms with Crippen molar-refractivity contribution in [2.24, 2.45) is 5.92 Å². The van der Waals surface area contributed by atoms with Crippen LogP contribution in [0.1, 0.15) is 38.9 Å². The molecular weight excluding hydrogens is 272 g/mol. The summed E-state index contributed by atoms with van der Waals surface area (Å²) in [7, 11) is 0. The molecule has 1 N–H and O–H groups in total. The molecule has 4 nitrogen and oxygen atoms in total. The average Bonchev–Trinajstić information content (AvgIpc) is 2.88. The third-order valence-corrected chi connectivity index (χ3v) is 4.34. The van der Waals surface area contributed by atoms with Crippen LogP contribution in [-0.2, 0) is 9.53 Å². The predicted molar refractivity (Wildman–Crippen MR) is 80.7 cm³/mol. The van der Waals surface area contributed by atoms with Gasteiger partial charge >= 0.3 is 5.97 Å². The maximum Gasteiger partial charge on any atom is 0.310 e. The lowest BCUT2D eigenvalue weighted by Crippen LogP contribution is -2.26. The molecule has 5 heteroatoms. The van der Waals surface area contributed by atoms with Crippen LogP contribution < -0.4 is 5.32 Å². The van der Waals surface area contributed by atoms with Crippen molar-refractivity contribution in [2.45, 2.75) is 43.4 Å². The van der Waals surface area contributed by atoms with E-state index in [-0.39, 0.29) is 17.9 Å². The SMILES string of the molecule is CCOC(=O)C1CCNC1c1ncccc1SC(C)C. The number of aromatic nitrogens is 1. The van der Waals surface area contributed by atoms with Crippen LogP contribution in [0.25, 0.3) is 0 Å². The van der Waals surface area contributed by atoms with E-state index < -0.39 is 0 Å². The van der Waals surface area contributed by atoms with E-state index >= 15 is 0 Å². The van der Waals surface area contributed by atoms with Crippen LogP contribution in [0.4, 0.5) is 0 Å². The molecule has 1 aliphatic heterocycles. The van der Waals surface area contributed by atoms with Crippen LogP contribution >= 0.6 is 11.8 Å². The highest BCUT2D eigenvalue weighted by Crippen LogP contribution is 2.36. The molecule has 20 heavy (non-hydrogen) atoms. The van der Waals surface area contributed by atoms with Gasteiger partial charge in [0.2, 0.25) is 0 Å². The van der Waals surface area contributed by atoms with Gasteiger partial charge in [0.25, 0.3) is 0 Å². The number of hydrogen-bond acceptors (Lipinski definition) is 5. The Bertz CT molecular complexity index is 465. The second-order valence-electron chi connectivity index (χ2n) is 5.13. The van der Waals surface area contributed by atoms with E-state index in [1.807, 2.05) is 13.0 Å². The van der Waals surface area contributed by atoms with Crippen LogP contribution in [-0.4, -0.2) is 29.4 Å². The minimum atomic E-state index is -0.128. The first-order chi connectivity index (χ1) is 9.63. The maximum atomic E-state index is 12.1. The maximum absolute atomic E-state index is 12.1. The summed E-state index contributed by atoms with van der Waals surface area (Å²) < 4.78 is 5.18. The topological polar surface area (TPSA) is 51.2 Å². The first-order valence-corrected chi connectivity index (χ1v) is 8.03. The van der Waals surface area contributed by atoms with E-state index in [2.05, 4.69) is 30.2 Å². The second-order valence-corrected chi connectivity index (χ2v) is 6.75. The van der Waals surface area contributed by atoms with Gasteiger partial charge in [-0.15, -0.1) is 11.8 Å². The third-order valence-electron chi connectivity index (χ3n) is 3.27. The molecule has 0 aliphatic carbocycles. The molecule has 0 bridgehead atoms. The number of ether oxygens (including phenoxy) is 1. The van der Waals surface area contributed by atoms with Crippen LogP contribution in [0, 0.1) is 5.92 Å². The fraction of sp³-hybridized carbons (Fsp3) is 0.600. The Morgan fingerprint density at radius 1 is 1.60 bits per heavy atom. The zero-order valence-corrected chi connectivity index (χ0v) is 13.1. The van der Waals surface area contributed by atoms with Crippen molar-refractivity contribution in [1.29, 1.82) is 0 Å². The Morgan fingerprint density at radius 3 is 3.10 bits per heavy atom. The summed E-state index contributed by atoms with van der Waals surface area (Å²) >= 11 is 1.78. The molecular formula is C15H22N2O2S. The quantitative estimate of drug-likeness (QED) is 0.668. The van der Waals surface area contributed by atoms with Crippen LogP contribution in [0.5, 0.6) is 0 Å². The smallest absolute Gasteiger partial charge is 0.310 e. The molecule has 1 saturated heterocycles. The standard InChI is InChI=1S/C15H22N2O2S/c1-4-19-15(18)11-7-9-17-13(11)14-12(20-10(2)3)6-5-8-16-14/h5-6,8,10-11,13,17H,4,7,9H2,1-3H3. The van der Waals surface area contributed by atoms with Crippen molar-refractivity contribution in [3.63, 3.8) is 0 Å². The minimum Gasteiger partial charge on any atom is -0.466 e. The number of esters is 1. The summed E-state index contributed by atoms with van der Waals surface area (Å²) in [5.41, 5.74) is 0.974. The van der Waals surface area contributed by atoms with Gasteiger partial charge in [-0.05, 0) is 32.0 Å². The Kier molecular flexibility index (Phi) is 5.43. The van der Waals surface area contributed by atoms with Crippen LogP contribution in [0.3, 0.4) is 0 Å². The summed E-state index contributed by atoms with van der Waals surface area (Å²) in [6.45, 7) is 7.42. The molecule has 0 saturated carbocycles. The van der Waals surface area contributed by atoms with E-state index in [1.165, 1.54) is 0 Å². The third kappa shape index (κ3) is 3.52. The van der Waals surface area contributed by atoms with Crippen molar-refractivity contribution in [1.82, 2.24) is 10.3 Å². The summed E-state index contributed by atoms with van der Waals surface area (Å²) in [5.74, 6) is -0.245. The molecule has 0 amide bonds. The Hall–Kier alpha value is -1.07. The molecule has 1 fully saturated rings. The van der Waals surface area contributed by atoms with E-state index in [1.54, 1.807) is 18.0 Å². The lowest BCUT2D eigenvalue weighted by molar-refractivity contribution is -0.148. The summed E-state index contributed by atoms with van der Waals surface area (Å²) in [6, 6.07) is 3.99. The van der Waals surface area contributed by atoms with Crippen molar-refractivity contribution in [3.05, 3.63) is 24.0 Å². The lowest BCUT2D eigenvalue weighted by atomic mass is 9.98. The summed E-state index contributed by atoms with van der Waals surface area (Å²) in [4.78, 5) is 17.7. The zero-order valence-electron chi connectivity index (χ0n) is 12.3. The fourth-order valence-electron chi connectivity index (χ4n) is 2.48. The number of nitrogens with zero attached hydrogens (tertiary/aromatic N) is 1. The normalized spacial score (nSPS) is 22.2. The lowest BCUT2D eigenvalue weighted by Gasteiger charge is -2.20. The Labute approximate surface area is 124 Å². The second kappa shape index (κ2) is 7.09.